The molecule has 3 rings (SSSR count). The summed E-state index contributed by atoms with van der Waals surface area (Å²) < 4.78 is 45.2. The Balaban J connectivity index is 1.52. The lowest BCUT2D eigenvalue weighted by molar-refractivity contribution is -0.137. The fraction of sp³-hybridized carbons (Fsp3) is 0.200. The van der Waals surface area contributed by atoms with E-state index in [4.69, 9.17) is 4.74 Å². The van der Waals surface area contributed by atoms with Gasteiger partial charge in [-0.1, -0.05) is 12.1 Å². The number of carbonyl (C=O) groups excluding carboxylic acids is 1. The van der Waals surface area contributed by atoms with Crippen LogP contribution in [0, 0.1) is 0 Å². The third-order valence-corrected chi connectivity index (χ3v) is 4.07. The Morgan fingerprint density at radius 3 is 2.36 bits per heavy atom. The van der Waals surface area contributed by atoms with Crippen LogP contribution in [0.15, 0.2) is 60.9 Å². The zero-order valence-corrected chi connectivity index (χ0v) is 15.0. The number of aryl methyl sites for hydroxylation is 1. The maximum atomic E-state index is 12.6. The highest BCUT2D eigenvalue weighted by Gasteiger charge is 2.29. The molecule has 0 saturated carbocycles. The SMILES string of the molecule is Cn1ccnc1COc1ccc(NC(=O)Cc2ccc(C(F)(F)F)cc2)cc1. The van der Waals surface area contributed by atoms with Gasteiger partial charge in [0, 0.05) is 25.1 Å². The summed E-state index contributed by atoms with van der Waals surface area (Å²) in [6, 6.07) is 11.4. The first-order valence-electron chi connectivity index (χ1n) is 8.46. The minimum Gasteiger partial charge on any atom is -0.486 e. The number of aromatic nitrogens is 2. The van der Waals surface area contributed by atoms with Gasteiger partial charge in [0.2, 0.25) is 5.91 Å². The zero-order chi connectivity index (χ0) is 20.1. The van der Waals surface area contributed by atoms with Gasteiger partial charge in [-0.15, -0.1) is 0 Å². The molecule has 28 heavy (non-hydrogen) atoms. The molecule has 1 amide bonds. The molecule has 1 N–H and O–H groups in total. The van der Waals surface area contributed by atoms with E-state index in [1.165, 1.54) is 12.1 Å². The van der Waals surface area contributed by atoms with E-state index in [0.29, 0.717) is 23.6 Å². The Bertz CT molecular complexity index is 933. The highest BCUT2D eigenvalue weighted by molar-refractivity contribution is 5.92. The van der Waals surface area contributed by atoms with Gasteiger partial charge in [-0.2, -0.15) is 13.2 Å². The largest absolute Gasteiger partial charge is 0.486 e. The molecule has 0 aliphatic carbocycles. The molecular formula is C20H18F3N3O2. The molecular weight excluding hydrogens is 371 g/mol. The van der Waals surface area contributed by atoms with Crippen molar-refractivity contribution in [3.8, 4) is 5.75 Å². The standard InChI is InChI=1S/C20H18F3N3O2/c1-26-11-10-24-18(26)13-28-17-8-6-16(7-9-17)25-19(27)12-14-2-4-15(5-3-14)20(21,22)23/h2-11H,12-13H2,1H3,(H,25,27). The molecule has 0 fully saturated rings. The van der Waals surface area contributed by atoms with E-state index in [2.05, 4.69) is 10.3 Å². The first kappa shape index (κ1) is 19.5. The summed E-state index contributed by atoms with van der Waals surface area (Å²) in [6.45, 7) is 0.323. The van der Waals surface area contributed by atoms with Crippen LogP contribution in [0.2, 0.25) is 0 Å². The molecule has 0 aliphatic heterocycles. The Labute approximate surface area is 159 Å². The van der Waals surface area contributed by atoms with Gasteiger partial charge < -0.3 is 14.6 Å². The topological polar surface area (TPSA) is 56.1 Å². The van der Waals surface area contributed by atoms with Gasteiger partial charge in [-0.3, -0.25) is 4.79 Å². The van der Waals surface area contributed by atoms with Gasteiger partial charge in [0.25, 0.3) is 0 Å². The highest BCUT2D eigenvalue weighted by Crippen LogP contribution is 2.29. The fourth-order valence-electron chi connectivity index (χ4n) is 2.52. The predicted octanol–water partition coefficient (Wildman–Crippen LogP) is 4.20. The molecule has 1 heterocycles. The summed E-state index contributed by atoms with van der Waals surface area (Å²) in [5.41, 5.74) is 0.333. The van der Waals surface area contributed by atoms with E-state index in [-0.39, 0.29) is 12.3 Å². The summed E-state index contributed by atoms with van der Waals surface area (Å²) in [4.78, 5) is 16.3. The molecule has 0 bridgehead atoms. The fourth-order valence-corrected chi connectivity index (χ4v) is 2.52. The lowest BCUT2D eigenvalue weighted by atomic mass is 10.1. The molecule has 3 aromatic rings. The second kappa shape index (κ2) is 8.16. The number of anilines is 1. The van der Waals surface area contributed by atoms with Crippen molar-refractivity contribution in [2.24, 2.45) is 7.05 Å². The number of alkyl halides is 3. The van der Waals surface area contributed by atoms with Crippen molar-refractivity contribution in [3.63, 3.8) is 0 Å². The number of hydrogen-bond acceptors (Lipinski definition) is 3. The quantitative estimate of drug-likeness (QED) is 0.688. The van der Waals surface area contributed by atoms with Crippen LogP contribution in [0.3, 0.4) is 0 Å². The van der Waals surface area contributed by atoms with Crippen LogP contribution in [0.1, 0.15) is 17.0 Å². The van der Waals surface area contributed by atoms with Gasteiger partial charge in [-0.05, 0) is 42.0 Å². The summed E-state index contributed by atoms with van der Waals surface area (Å²) in [5, 5.41) is 2.71. The zero-order valence-electron chi connectivity index (χ0n) is 15.0. The number of amides is 1. The number of carbonyl (C=O) groups is 1. The number of rotatable bonds is 6. The van der Waals surface area contributed by atoms with Crippen molar-refractivity contribution in [2.45, 2.75) is 19.2 Å². The van der Waals surface area contributed by atoms with Gasteiger partial charge in [-0.25, -0.2) is 4.98 Å². The van der Waals surface area contributed by atoms with Crippen LogP contribution in [0.25, 0.3) is 0 Å². The molecule has 0 aliphatic rings. The number of nitrogens with one attached hydrogen (secondary N) is 1. The second-order valence-corrected chi connectivity index (χ2v) is 6.19. The summed E-state index contributed by atoms with van der Waals surface area (Å²) >= 11 is 0. The average molecular weight is 389 g/mol. The minimum absolute atomic E-state index is 0.0183. The van der Waals surface area contributed by atoms with Crippen LogP contribution >= 0.6 is 0 Å². The molecule has 0 atom stereocenters. The molecule has 146 valence electrons. The molecule has 0 unspecified atom stereocenters. The first-order chi connectivity index (χ1) is 13.3. The van der Waals surface area contributed by atoms with E-state index in [0.717, 1.165) is 18.0 Å². The van der Waals surface area contributed by atoms with Crippen LogP contribution in [-0.4, -0.2) is 15.5 Å². The Hall–Kier alpha value is -3.29. The molecule has 0 saturated heterocycles. The van der Waals surface area contributed by atoms with Crippen molar-refractivity contribution >= 4 is 11.6 Å². The number of halogens is 3. The highest BCUT2D eigenvalue weighted by atomic mass is 19.4. The van der Waals surface area contributed by atoms with Crippen molar-refractivity contribution in [1.29, 1.82) is 0 Å². The molecule has 0 radical (unpaired) electrons. The number of hydrogen-bond donors (Lipinski definition) is 1. The van der Waals surface area contributed by atoms with Crippen LogP contribution in [-0.2, 0) is 31.0 Å². The van der Waals surface area contributed by atoms with Gasteiger partial charge in [0.05, 0.1) is 12.0 Å². The van der Waals surface area contributed by atoms with Gasteiger partial charge in [0.1, 0.15) is 18.2 Å². The van der Waals surface area contributed by atoms with Crippen molar-refractivity contribution in [2.75, 3.05) is 5.32 Å². The van der Waals surface area contributed by atoms with Gasteiger partial charge >= 0.3 is 6.18 Å². The van der Waals surface area contributed by atoms with Gasteiger partial charge in [0.15, 0.2) is 0 Å². The maximum absolute atomic E-state index is 12.6. The molecule has 5 nitrogen and oxygen atoms in total. The minimum atomic E-state index is -4.39. The molecule has 8 heteroatoms. The van der Waals surface area contributed by atoms with E-state index in [9.17, 15) is 18.0 Å². The first-order valence-corrected chi connectivity index (χ1v) is 8.46. The maximum Gasteiger partial charge on any atom is 0.416 e. The summed E-state index contributed by atoms with van der Waals surface area (Å²) in [7, 11) is 1.88. The summed E-state index contributed by atoms with van der Waals surface area (Å²) in [6.07, 6.45) is -0.890. The number of ether oxygens (including phenoxy) is 1. The Morgan fingerprint density at radius 1 is 1.11 bits per heavy atom. The smallest absolute Gasteiger partial charge is 0.416 e. The Morgan fingerprint density at radius 2 is 1.79 bits per heavy atom. The number of benzene rings is 2. The predicted molar refractivity (Wildman–Crippen MR) is 97.8 cm³/mol. The Kier molecular flexibility index (Phi) is 5.67. The monoisotopic (exact) mass is 389 g/mol. The van der Waals surface area contributed by atoms with Crippen molar-refractivity contribution in [3.05, 3.63) is 77.9 Å². The van der Waals surface area contributed by atoms with E-state index in [1.54, 1.807) is 30.5 Å². The third kappa shape index (κ3) is 5.12. The lowest BCUT2D eigenvalue weighted by Crippen LogP contribution is -2.14. The molecule has 2 aromatic carbocycles. The second-order valence-electron chi connectivity index (χ2n) is 6.19. The lowest BCUT2D eigenvalue weighted by Gasteiger charge is -2.09. The van der Waals surface area contributed by atoms with E-state index < -0.39 is 11.7 Å². The van der Waals surface area contributed by atoms with E-state index >= 15 is 0 Å². The number of nitrogens with zero attached hydrogens (tertiary/aromatic N) is 2. The average Bonchev–Trinajstić information content (AvgIpc) is 3.06. The van der Waals surface area contributed by atoms with Crippen molar-refractivity contribution < 1.29 is 22.7 Å². The normalized spacial score (nSPS) is 11.3. The van der Waals surface area contributed by atoms with Crippen LogP contribution in [0.5, 0.6) is 5.75 Å². The van der Waals surface area contributed by atoms with E-state index in [1.807, 2.05) is 17.8 Å². The number of imidazole rings is 1. The summed E-state index contributed by atoms with van der Waals surface area (Å²) in [5.74, 6) is 1.10. The van der Waals surface area contributed by atoms with Crippen LogP contribution in [0.4, 0.5) is 18.9 Å². The molecule has 1 aromatic heterocycles. The van der Waals surface area contributed by atoms with Crippen molar-refractivity contribution in [1.82, 2.24) is 9.55 Å². The van der Waals surface area contributed by atoms with Crippen LogP contribution < -0.4 is 10.1 Å². The third-order valence-electron chi connectivity index (χ3n) is 4.07. The molecule has 0 spiro atoms.